The molecular weight excluding hydrogens is 431 g/mol. The van der Waals surface area contributed by atoms with Crippen molar-refractivity contribution >= 4 is 38.4 Å². The molecule has 164 valence electrons. The van der Waals surface area contributed by atoms with Crippen LogP contribution in [0.2, 0.25) is 0 Å². The minimum absolute atomic E-state index is 0.00750. The quantitative estimate of drug-likeness (QED) is 0.431. The van der Waals surface area contributed by atoms with E-state index in [0.717, 1.165) is 11.6 Å². The second-order valence-corrected chi connectivity index (χ2v) is 8.91. The Morgan fingerprint density at radius 2 is 1.53 bits per heavy atom. The van der Waals surface area contributed by atoms with Crippen LogP contribution >= 0.6 is 0 Å². The fourth-order valence-corrected chi connectivity index (χ4v) is 4.10. The number of rotatable bonds is 6. The van der Waals surface area contributed by atoms with Gasteiger partial charge >= 0.3 is 0 Å². The van der Waals surface area contributed by atoms with Crippen LogP contribution in [0.3, 0.4) is 0 Å². The number of methoxy groups -OCH3 is 1. The van der Waals surface area contributed by atoms with Crippen molar-refractivity contribution in [2.75, 3.05) is 17.1 Å². The SMILES string of the molecule is COc1ccc(C)c(Nc2nc3ccccc3nc2NS(=O)(=O)c2ccc(C)c(F)c2)c1. The maximum absolute atomic E-state index is 14.0. The molecule has 2 N–H and O–H groups in total. The summed E-state index contributed by atoms with van der Waals surface area (Å²) in [5.74, 6) is 0.218. The molecule has 0 unspecified atom stereocenters. The number of halogens is 1. The number of anilines is 3. The number of para-hydroxylation sites is 2. The molecular formula is C23H21FN4O3S. The summed E-state index contributed by atoms with van der Waals surface area (Å²) in [7, 11) is -2.56. The topological polar surface area (TPSA) is 93.2 Å². The largest absolute Gasteiger partial charge is 0.497 e. The number of benzene rings is 3. The third kappa shape index (κ3) is 4.33. The molecule has 0 saturated carbocycles. The molecule has 0 amide bonds. The Bertz CT molecular complexity index is 1420. The monoisotopic (exact) mass is 452 g/mol. The molecule has 4 aromatic rings. The van der Waals surface area contributed by atoms with Gasteiger partial charge in [-0.1, -0.05) is 24.3 Å². The van der Waals surface area contributed by atoms with Crippen LogP contribution in [0.25, 0.3) is 11.0 Å². The van der Waals surface area contributed by atoms with Crippen LogP contribution in [0.15, 0.2) is 65.6 Å². The summed E-state index contributed by atoms with van der Waals surface area (Å²) in [6, 6.07) is 16.3. The molecule has 0 bridgehead atoms. The average molecular weight is 453 g/mol. The molecule has 0 radical (unpaired) electrons. The Morgan fingerprint density at radius 3 is 2.19 bits per heavy atom. The second kappa shape index (κ2) is 8.43. The second-order valence-electron chi connectivity index (χ2n) is 7.23. The molecule has 0 atom stereocenters. The van der Waals surface area contributed by atoms with Gasteiger partial charge in [-0.05, 0) is 55.3 Å². The Kier molecular flexibility index (Phi) is 5.67. The number of fused-ring (bicyclic) bond motifs is 1. The van der Waals surface area contributed by atoms with E-state index in [1.54, 1.807) is 38.3 Å². The van der Waals surface area contributed by atoms with Gasteiger partial charge < -0.3 is 10.1 Å². The van der Waals surface area contributed by atoms with Crippen molar-refractivity contribution in [3.63, 3.8) is 0 Å². The molecule has 3 aromatic carbocycles. The number of nitrogens with zero attached hydrogens (tertiary/aromatic N) is 2. The molecule has 9 heteroatoms. The maximum Gasteiger partial charge on any atom is 0.263 e. The van der Waals surface area contributed by atoms with Crippen molar-refractivity contribution in [3.8, 4) is 5.75 Å². The molecule has 7 nitrogen and oxygen atoms in total. The van der Waals surface area contributed by atoms with Crippen molar-refractivity contribution in [1.82, 2.24) is 9.97 Å². The van der Waals surface area contributed by atoms with Crippen LogP contribution in [0, 0.1) is 19.7 Å². The maximum atomic E-state index is 14.0. The van der Waals surface area contributed by atoms with Crippen LogP contribution in [-0.4, -0.2) is 25.5 Å². The highest BCUT2D eigenvalue weighted by Gasteiger charge is 2.20. The van der Waals surface area contributed by atoms with E-state index in [4.69, 9.17) is 4.74 Å². The summed E-state index contributed by atoms with van der Waals surface area (Å²) in [5.41, 5.74) is 3.02. The number of hydrogen-bond acceptors (Lipinski definition) is 6. The Hall–Kier alpha value is -3.72. The molecule has 32 heavy (non-hydrogen) atoms. The van der Waals surface area contributed by atoms with Crippen molar-refractivity contribution in [1.29, 1.82) is 0 Å². The van der Waals surface area contributed by atoms with E-state index in [1.807, 2.05) is 25.1 Å². The first kappa shape index (κ1) is 21.5. The smallest absolute Gasteiger partial charge is 0.263 e. The fraction of sp³-hybridized carbons (Fsp3) is 0.130. The molecule has 0 spiro atoms. The summed E-state index contributed by atoms with van der Waals surface area (Å²) in [6.45, 7) is 3.46. The van der Waals surface area contributed by atoms with Gasteiger partial charge in [0.05, 0.1) is 23.0 Å². The number of aromatic nitrogens is 2. The molecule has 0 aliphatic heterocycles. The van der Waals surface area contributed by atoms with E-state index >= 15 is 0 Å². The first-order valence-electron chi connectivity index (χ1n) is 9.74. The Labute approximate surface area is 185 Å². The zero-order valence-electron chi connectivity index (χ0n) is 17.7. The number of hydrogen-bond donors (Lipinski definition) is 2. The lowest BCUT2D eigenvalue weighted by Crippen LogP contribution is -2.16. The summed E-state index contributed by atoms with van der Waals surface area (Å²) in [5, 5.41) is 3.15. The van der Waals surface area contributed by atoms with Crippen molar-refractivity contribution < 1.29 is 17.5 Å². The zero-order valence-corrected chi connectivity index (χ0v) is 18.5. The molecule has 0 aliphatic carbocycles. The summed E-state index contributed by atoms with van der Waals surface area (Å²) < 4.78 is 47.7. The van der Waals surface area contributed by atoms with Gasteiger partial charge in [-0.25, -0.2) is 22.8 Å². The molecule has 0 fully saturated rings. The summed E-state index contributed by atoms with van der Waals surface area (Å²) in [6.07, 6.45) is 0. The van der Waals surface area contributed by atoms with E-state index in [1.165, 1.54) is 12.1 Å². The van der Waals surface area contributed by atoms with Crippen molar-refractivity contribution in [3.05, 3.63) is 77.6 Å². The lowest BCUT2D eigenvalue weighted by Gasteiger charge is -2.16. The number of nitrogens with one attached hydrogen (secondary N) is 2. The lowest BCUT2D eigenvalue weighted by atomic mass is 10.2. The van der Waals surface area contributed by atoms with Gasteiger partial charge in [-0.2, -0.15) is 0 Å². The average Bonchev–Trinajstić information content (AvgIpc) is 2.77. The van der Waals surface area contributed by atoms with Crippen LogP contribution in [0.1, 0.15) is 11.1 Å². The van der Waals surface area contributed by atoms with E-state index in [0.29, 0.717) is 28.0 Å². The van der Waals surface area contributed by atoms with Crippen LogP contribution in [0.5, 0.6) is 5.75 Å². The van der Waals surface area contributed by atoms with Gasteiger partial charge in [-0.3, -0.25) is 4.72 Å². The van der Waals surface area contributed by atoms with Gasteiger partial charge in [0.25, 0.3) is 10.0 Å². The third-order valence-electron chi connectivity index (χ3n) is 4.95. The highest BCUT2D eigenvalue weighted by Crippen LogP contribution is 2.30. The van der Waals surface area contributed by atoms with Gasteiger partial charge in [0.1, 0.15) is 11.6 Å². The molecule has 0 aliphatic rings. The van der Waals surface area contributed by atoms with Gasteiger partial charge in [0.15, 0.2) is 11.6 Å². The Balaban J connectivity index is 1.80. The van der Waals surface area contributed by atoms with Crippen LogP contribution < -0.4 is 14.8 Å². The van der Waals surface area contributed by atoms with E-state index in [-0.39, 0.29) is 16.5 Å². The Morgan fingerprint density at radius 1 is 0.875 bits per heavy atom. The minimum atomic E-state index is -4.12. The van der Waals surface area contributed by atoms with Crippen molar-refractivity contribution in [2.45, 2.75) is 18.7 Å². The predicted molar refractivity (Wildman–Crippen MR) is 122 cm³/mol. The predicted octanol–water partition coefficient (Wildman–Crippen LogP) is 4.94. The summed E-state index contributed by atoms with van der Waals surface area (Å²) in [4.78, 5) is 8.81. The van der Waals surface area contributed by atoms with Gasteiger partial charge in [0, 0.05) is 11.8 Å². The van der Waals surface area contributed by atoms with Gasteiger partial charge in [-0.15, -0.1) is 0 Å². The van der Waals surface area contributed by atoms with E-state index in [2.05, 4.69) is 20.0 Å². The van der Waals surface area contributed by atoms with E-state index < -0.39 is 15.8 Å². The molecule has 0 saturated heterocycles. The highest BCUT2D eigenvalue weighted by atomic mass is 32.2. The number of aryl methyl sites for hydroxylation is 2. The number of ether oxygens (including phenoxy) is 1. The molecule has 1 heterocycles. The standard InChI is InChI=1S/C23H21FN4O3S/c1-14-9-11-17(13-18(14)24)32(29,30)28-23-22(25-19-6-4-5-7-20(19)26-23)27-21-12-16(31-3)10-8-15(21)2/h4-13H,1-3H3,(H,25,27)(H,26,28). The van der Waals surface area contributed by atoms with Gasteiger partial charge in [0.2, 0.25) is 0 Å². The number of sulfonamides is 1. The van der Waals surface area contributed by atoms with Crippen molar-refractivity contribution in [2.24, 2.45) is 0 Å². The minimum Gasteiger partial charge on any atom is -0.497 e. The van der Waals surface area contributed by atoms with Crippen LogP contribution in [0.4, 0.5) is 21.7 Å². The molecule has 4 rings (SSSR count). The highest BCUT2D eigenvalue weighted by molar-refractivity contribution is 7.92. The molecule has 1 aromatic heterocycles. The fourth-order valence-electron chi connectivity index (χ4n) is 3.08. The lowest BCUT2D eigenvalue weighted by molar-refractivity contribution is 0.415. The van der Waals surface area contributed by atoms with E-state index in [9.17, 15) is 12.8 Å². The normalized spacial score (nSPS) is 11.4. The first-order valence-corrected chi connectivity index (χ1v) is 11.2. The summed E-state index contributed by atoms with van der Waals surface area (Å²) >= 11 is 0. The van der Waals surface area contributed by atoms with Crippen LogP contribution in [-0.2, 0) is 10.0 Å². The zero-order chi connectivity index (χ0) is 22.9. The third-order valence-corrected chi connectivity index (χ3v) is 6.29. The first-order chi connectivity index (χ1) is 15.3.